The molecule has 1 aliphatic heterocycles. The van der Waals surface area contributed by atoms with Crippen molar-refractivity contribution in [3.05, 3.63) is 0 Å². The lowest BCUT2D eigenvalue weighted by Gasteiger charge is -2.38. The summed E-state index contributed by atoms with van der Waals surface area (Å²) in [4.78, 5) is 2.56. The van der Waals surface area contributed by atoms with Crippen LogP contribution >= 0.6 is 0 Å². The van der Waals surface area contributed by atoms with Gasteiger partial charge in [0.15, 0.2) is 0 Å². The predicted molar refractivity (Wildman–Crippen MR) is 82.6 cm³/mol. The molecule has 1 N–H and O–H groups in total. The maximum Gasteiger partial charge on any atom is 0.0678 e. The van der Waals surface area contributed by atoms with Gasteiger partial charge in [-0.3, -0.25) is 4.90 Å². The third-order valence-corrected chi connectivity index (χ3v) is 3.92. The lowest BCUT2D eigenvalue weighted by molar-refractivity contribution is -0.0691. The maximum atomic E-state index is 5.80. The largest absolute Gasteiger partial charge is 0.373 e. The molecule has 19 heavy (non-hydrogen) atoms. The van der Waals surface area contributed by atoms with E-state index in [1.807, 2.05) is 0 Å². The van der Waals surface area contributed by atoms with Crippen molar-refractivity contribution in [3.63, 3.8) is 0 Å². The highest BCUT2D eigenvalue weighted by molar-refractivity contribution is 4.83. The molecule has 0 bridgehead atoms. The van der Waals surface area contributed by atoms with Gasteiger partial charge in [0.25, 0.3) is 0 Å². The fourth-order valence-corrected chi connectivity index (χ4v) is 2.94. The second-order valence-electron chi connectivity index (χ2n) is 7.18. The Kier molecular flexibility index (Phi) is 6.78. The summed E-state index contributed by atoms with van der Waals surface area (Å²) in [5.41, 5.74) is 0.332. The van der Waals surface area contributed by atoms with Crippen LogP contribution in [-0.2, 0) is 4.74 Å². The Morgan fingerprint density at radius 3 is 2.26 bits per heavy atom. The van der Waals surface area contributed by atoms with Gasteiger partial charge in [0.05, 0.1) is 12.2 Å². The first kappa shape index (κ1) is 16.9. The summed E-state index contributed by atoms with van der Waals surface area (Å²) in [6, 6.07) is 0.598. The Morgan fingerprint density at radius 1 is 1.21 bits per heavy atom. The van der Waals surface area contributed by atoms with Gasteiger partial charge in [0.1, 0.15) is 0 Å². The Balaban J connectivity index is 2.42. The standard InChI is InChI=1S/C16H34N2O/c1-7-9-17-15(16(4,5)6)8-10-18-11-13(2)19-14(3)12-18/h13-15,17H,7-12H2,1-6H3. The van der Waals surface area contributed by atoms with E-state index >= 15 is 0 Å². The van der Waals surface area contributed by atoms with Crippen LogP contribution in [0.3, 0.4) is 0 Å². The average Bonchev–Trinajstić information content (AvgIpc) is 2.26. The molecule has 0 aromatic carbocycles. The molecule has 1 fully saturated rings. The summed E-state index contributed by atoms with van der Waals surface area (Å²) in [5.74, 6) is 0. The molecule has 1 heterocycles. The Hall–Kier alpha value is -0.120. The highest BCUT2D eigenvalue weighted by Gasteiger charge is 2.26. The van der Waals surface area contributed by atoms with Crippen molar-refractivity contribution in [3.8, 4) is 0 Å². The summed E-state index contributed by atoms with van der Waals surface area (Å²) in [6.45, 7) is 18.1. The second-order valence-corrected chi connectivity index (χ2v) is 7.18. The molecule has 0 aliphatic carbocycles. The third kappa shape index (κ3) is 6.24. The second kappa shape index (κ2) is 7.61. The third-order valence-electron chi connectivity index (χ3n) is 3.92. The molecule has 3 heteroatoms. The van der Waals surface area contributed by atoms with Crippen LogP contribution in [0.25, 0.3) is 0 Å². The Morgan fingerprint density at radius 2 is 1.79 bits per heavy atom. The van der Waals surface area contributed by atoms with Crippen LogP contribution in [0.15, 0.2) is 0 Å². The van der Waals surface area contributed by atoms with Crippen LogP contribution in [0, 0.1) is 5.41 Å². The van der Waals surface area contributed by atoms with E-state index in [1.165, 1.54) is 19.4 Å². The summed E-state index contributed by atoms with van der Waals surface area (Å²) in [5, 5.41) is 3.71. The van der Waals surface area contributed by atoms with Gasteiger partial charge in [-0.05, 0) is 45.2 Å². The topological polar surface area (TPSA) is 24.5 Å². The molecular formula is C16H34N2O. The molecule has 3 unspecified atom stereocenters. The van der Waals surface area contributed by atoms with Gasteiger partial charge in [-0.2, -0.15) is 0 Å². The Bertz CT molecular complexity index is 240. The van der Waals surface area contributed by atoms with Crippen LogP contribution in [-0.4, -0.2) is 49.3 Å². The summed E-state index contributed by atoms with van der Waals surface area (Å²) in [6.07, 6.45) is 3.18. The predicted octanol–water partition coefficient (Wildman–Crippen LogP) is 2.90. The van der Waals surface area contributed by atoms with Crippen molar-refractivity contribution in [2.45, 2.75) is 72.6 Å². The van der Waals surface area contributed by atoms with E-state index in [9.17, 15) is 0 Å². The zero-order valence-electron chi connectivity index (χ0n) is 13.8. The molecule has 3 atom stereocenters. The Labute approximate surface area is 120 Å². The lowest BCUT2D eigenvalue weighted by Crippen LogP contribution is -2.48. The van der Waals surface area contributed by atoms with Crippen LogP contribution in [0.2, 0.25) is 0 Å². The smallest absolute Gasteiger partial charge is 0.0678 e. The summed E-state index contributed by atoms with van der Waals surface area (Å²) >= 11 is 0. The van der Waals surface area contributed by atoms with E-state index in [0.29, 0.717) is 23.7 Å². The quantitative estimate of drug-likeness (QED) is 0.803. The first-order valence-corrected chi connectivity index (χ1v) is 7.94. The van der Waals surface area contributed by atoms with Gasteiger partial charge in [-0.15, -0.1) is 0 Å². The highest BCUT2D eigenvalue weighted by atomic mass is 16.5. The van der Waals surface area contributed by atoms with E-state index in [4.69, 9.17) is 4.74 Å². The molecule has 1 aliphatic rings. The molecule has 114 valence electrons. The molecular weight excluding hydrogens is 236 g/mol. The zero-order valence-corrected chi connectivity index (χ0v) is 13.8. The average molecular weight is 270 g/mol. The van der Waals surface area contributed by atoms with Gasteiger partial charge in [-0.25, -0.2) is 0 Å². The number of hydrogen-bond acceptors (Lipinski definition) is 3. The van der Waals surface area contributed by atoms with Crippen LogP contribution in [0.5, 0.6) is 0 Å². The van der Waals surface area contributed by atoms with Crippen LogP contribution in [0.4, 0.5) is 0 Å². The minimum absolute atomic E-state index is 0.332. The van der Waals surface area contributed by atoms with Crippen molar-refractivity contribution < 1.29 is 4.74 Å². The van der Waals surface area contributed by atoms with Crippen molar-refractivity contribution in [1.82, 2.24) is 10.2 Å². The van der Waals surface area contributed by atoms with Crippen LogP contribution in [0.1, 0.15) is 54.4 Å². The van der Waals surface area contributed by atoms with Crippen molar-refractivity contribution in [2.75, 3.05) is 26.2 Å². The maximum absolute atomic E-state index is 5.80. The minimum Gasteiger partial charge on any atom is -0.373 e. The monoisotopic (exact) mass is 270 g/mol. The fourth-order valence-electron chi connectivity index (χ4n) is 2.94. The lowest BCUT2D eigenvalue weighted by atomic mass is 9.84. The van der Waals surface area contributed by atoms with Gasteiger partial charge >= 0.3 is 0 Å². The number of rotatable bonds is 6. The molecule has 0 aromatic rings. The van der Waals surface area contributed by atoms with Crippen molar-refractivity contribution in [2.24, 2.45) is 5.41 Å². The number of nitrogens with zero attached hydrogens (tertiary/aromatic N) is 1. The van der Waals surface area contributed by atoms with Crippen LogP contribution < -0.4 is 5.32 Å². The van der Waals surface area contributed by atoms with Gasteiger partial charge in [-0.1, -0.05) is 27.7 Å². The van der Waals surface area contributed by atoms with E-state index in [0.717, 1.165) is 19.6 Å². The molecule has 3 nitrogen and oxygen atoms in total. The number of ether oxygens (including phenoxy) is 1. The normalized spacial score (nSPS) is 27.5. The molecule has 0 aromatic heterocycles. The van der Waals surface area contributed by atoms with Gasteiger partial charge < -0.3 is 10.1 Å². The van der Waals surface area contributed by atoms with Crippen molar-refractivity contribution >= 4 is 0 Å². The molecule has 0 saturated carbocycles. The number of nitrogens with one attached hydrogen (secondary N) is 1. The minimum atomic E-state index is 0.332. The van der Waals surface area contributed by atoms with E-state index < -0.39 is 0 Å². The zero-order chi connectivity index (χ0) is 14.5. The SMILES string of the molecule is CCCNC(CCN1CC(C)OC(C)C1)C(C)(C)C. The first-order chi connectivity index (χ1) is 8.82. The molecule has 1 saturated heterocycles. The summed E-state index contributed by atoms with van der Waals surface area (Å²) in [7, 11) is 0. The van der Waals surface area contributed by atoms with E-state index in [2.05, 4.69) is 51.8 Å². The molecule has 1 rings (SSSR count). The highest BCUT2D eigenvalue weighted by Crippen LogP contribution is 2.23. The number of morpholine rings is 1. The van der Waals surface area contributed by atoms with E-state index in [1.54, 1.807) is 0 Å². The van der Waals surface area contributed by atoms with Crippen molar-refractivity contribution in [1.29, 1.82) is 0 Å². The molecule has 0 amide bonds. The molecule has 0 spiro atoms. The van der Waals surface area contributed by atoms with Gasteiger partial charge in [0, 0.05) is 19.1 Å². The number of hydrogen-bond donors (Lipinski definition) is 1. The first-order valence-electron chi connectivity index (χ1n) is 7.94. The van der Waals surface area contributed by atoms with Gasteiger partial charge in [0.2, 0.25) is 0 Å². The molecule has 0 radical (unpaired) electrons. The summed E-state index contributed by atoms with van der Waals surface area (Å²) < 4.78 is 5.80. The van der Waals surface area contributed by atoms with E-state index in [-0.39, 0.29) is 0 Å². The fraction of sp³-hybridized carbons (Fsp3) is 1.00.